The van der Waals surface area contributed by atoms with Crippen LogP contribution in [0.5, 0.6) is 5.75 Å². The van der Waals surface area contributed by atoms with Crippen molar-refractivity contribution in [3.63, 3.8) is 0 Å². The fourth-order valence-corrected chi connectivity index (χ4v) is 1.63. The Balaban J connectivity index is 2.60. The smallest absolute Gasteiger partial charge is 0.356 e. The fraction of sp³-hybridized carbons (Fsp3) is 0.167. The Morgan fingerprint density at radius 2 is 2.00 bits per heavy atom. The normalized spacial score (nSPS) is 10.5. The molecule has 2 N–H and O–H groups in total. The van der Waals surface area contributed by atoms with Crippen LogP contribution >= 0.6 is 0 Å². The molecular formula is C12H12N2O3. The summed E-state index contributed by atoms with van der Waals surface area (Å²) >= 11 is 0. The van der Waals surface area contributed by atoms with Gasteiger partial charge < -0.3 is 10.2 Å². The Morgan fingerprint density at radius 3 is 2.59 bits per heavy atom. The summed E-state index contributed by atoms with van der Waals surface area (Å²) in [6.45, 7) is 3.63. The largest absolute Gasteiger partial charge is 0.506 e. The van der Waals surface area contributed by atoms with Crippen molar-refractivity contribution in [1.82, 2.24) is 9.78 Å². The molecule has 5 heteroatoms. The highest BCUT2D eigenvalue weighted by Crippen LogP contribution is 2.23. The maximum atomic E-state index is 10.8. The quantitative estimate of drug-likeness (QED) is 0.829. The van der Waals surface area contributed by atoms with Crippen molar-refractivity contribution in [3.8, 4) is 11.4 Å². The number of phenols is 1. The lowest BCUT2D eigenvalue weighted by molar-refractivity contribution is 0.0690. The molecule has 0 aliphatic carbocycles. The van der Waals surface area contributed by atoms with Crippen LogP contribution in [0.2, 0.25) is 0 Å². The first-order valence-electron chi connectivity index (χ1n) is 5.09. The number of carbonyl (C=O) groups is 1. The van der Waals surface area contributed by atoms with Crippen LogP contribution in [0.1, 0.15) is 21.7 Å². The zero-order valence-electron chi connectivity index (χ0n) is 9.51. The van der Waals surface area contributed by atoms with Crippen LogP contribution in [0.4, 0.5) is 0 Å². The topological polar surface area (TPSA) is 75.3 Å². The Labute approximate surface area is 97.9 Å². The average molecular weight is 232 g/mol. The minimum absolute atomic E-state index is 0.0385. The SMILES string of the molecule is Cc1ccc(O)c(-n2nc(C(=O)O)cc2C)c1. The van der Waals surface area contributed by atoms with Crippen LogP contribution in [-0.4, -0.2) is 26.0 Å². The summed E-state index contributed by atoms with van der Waals surface area (Å²) < 4.78 is 1.42. The number of hydrogen-bond acceptors (Lipinski definition) is 3. The molecule has 88 valence electrons. The van der Waals surface area contributed by atoms with Gasteiger partial charge in [0.05, 0.1) is 0 Å². The lowest BCUT2D eigenvalue weighted by Gasteiger charge is -2.07. The molecule has 0 aliphatic rings. The lowest BCUT2D eigenvalue weighted by atomic mass is 10.2. The summed E-state index contributed by atoms with van der Waals surface area (Å²) in [6, 6.07) is 6.55. The first kappa shape index (κ1) is 11.2. The van der Waals surface area contributed by atoms with Crippen molar-refractivity contribution < 1.29 is 15.0 Å². The average Bonchev–Trinajstić information content (AvgIpc) is 2.64. The summed E-state index contributed by atoms with van der Waals surface area (Å²) in [4.78, 5) is 10.8. The van der Waals surface area contributed by atoms with E-state index in [2.05, 4.69) is 5.10 Å². The summed E-state index contributed by atoms with van der Waals surface area (Å²) in [5, 5.41) is 22.5. The zero-order chi connectivity index (χ0) is 12.6. The third kappa shape index (κ3) is 1.99. The third-order valence-electron chi connectivity index (χ3n) is 2.47. The second-order valence-corrected chi connectivity index (χ2v) is 3.88. The highest BCUT2D eigenvalue weighted by atomic mass is 16.4. The summed E-state index contributed by atoms with van der Waals surface area (Å²) in [5.41, 5.74) is 2.06. The number of aryl methyl sites for hydroxylation is 2. The van der Waals surface area contributed by atoms with Crippen LogP contribution in [0.25, 0.3) is 5.69 Å². The number of rotatable bonds is 2. The van der Waals surface area contributed by atoms with Gasteiger partial charge in [0.2, 0.25) is 0 Å². The van der Waals surface area contributed by atoms with E-state index in [0.717, 1.165) is 5.56 Å². The maximum Gasteiger partial charge on any atom is 0.356 e. The van der Waals surface area contributed by atoms with Crippen molar-refractivity contribution >= 4 is 5.97 Å². The van der Waals surface area contributed by atoms with Gasteiger partial charge in [-0.3, -0.25) is 0 Å². The van der Waals surface area contributed by atoms with E-state index >= 15 is 0 Å². The molecule has 0 aliphatic heterocycles. The number of nitrogens with zero attached hydrogens (tertiary/aromatic N) is 2. The molecule has 0 bridgehead atoms. The first-order valence-corrected chi connectivity index (χ1v) is 5.09. The highest BCUT2D eigenvalue weighted by Gasteiger charge is 2.13. The molecule has 0 saturated carbocycles. The van der Waals surface area contributed by atoms with E-state index in [1.165, 1.54) is 10.7 Å². The number of hydrogen-bond donors (Lipinski definition) is 2. The van der Waals surface area contributed by atoms with Crippen LogP contribution < -0.4 is 0 Å². The summed E-state index contributed by atoms with van der Waals surface area (Å²) in [6.07, 6.45) is 0. The highest BCUT2D eigenvalue weighted by molar-refractivity contribution is 5.85. The van der Waals surface area contributed by atoms with Crippen LogP contribution in [0, 0.1) is 13.8 Å². The number of carboxylic acid groups (broad SMARTS) is 1. The minimum atomic E-state index is -1.08. The number of aromatic nitrogens is 2. The second-order valence-electron chi connectivity index (χ2n) is 3.88. The van der Waals surface area contributed by atoms with E-state index in [-0.39, 0.29) is 11.4 Å². The molecular weight excluding hydrogens is 220 g/mol. The molecule has 1 aromatic heterocycles. The van der Waals surface area contributed by atoms with Crippen molar-refractivity contribution in [2.75, 3.05) is 0 Å². The molecule has 5 nitrogen and oxygen atoms in total. The van der Waals surface area contributed by atoms with Crippen molar-refractivity contribution in [1.29, 1.82) is 0 Å². The Bertz CT molecular complexity index is 587. The van der Waals surface area contributed by atoms with Gasteiger partial charge in [0.25, 0.3) is 0 Å². The van der Waals surface area contributed by atoms with E-state index in [1.54, 1.807) is 25.1 Å². The monoisotopic (exact) mass is 232 g/mol. The van der Waals surface area contributed by atoms with Gasteiger partial charge in [-0.1, -0.05) is 6.07 Å². The molecule has 17 heavy (non-hydrogen) atoms. The molecule has 0 atom stereocenters. The van der Waals surface area contributed by atoms with Gasteiger partial charge in [-0.05, 0) is 37.6 Å². The van der Waals surface area contributed by atoms with Crippen LogP contribution in [0.3, 0.4) is 0 Å². The number of benzene rings is 1. The van der Waals surface area contributed by atoms with Gasteiger partial charge in [0, 0.05) is 5.69 Å². The number of phenolic OH excluding ortho intramolecular Hbond substituents is 1. The predicted octanol–water partition coefficient (Wildman–Crippen LogP) is 1.89. The van der Waals surface area contributed by atoms with Crippen molar-refractivity contribution in [2.24, 2.45) is 0 Å². The standard InChI is InChI=1S/C12H12N2O3/c1-7-3-4-11(15)10(5-7)14-8(2)6-9(13-14)12(16)17/h3-6,15H,1-2H3,(H,16,17). The van der Waals surface area contributed by atoms with Gasteiger partial charge in [-0.2, -0.15) is 5.10 Å². The van der Waals surface area contributed by atoms with E-state index in [1.807, 2.05) is 6.92 Å². The van der Waals surface area contributed by atoms with Gasteiger partial charge in [-0.25, -0.2) is 9.48 Å². The van der Waals surface area contributed by atoms with E-state index in [9.17, 15) is 9.90 Å². The Kier molecular flexibility index (Phi) is 2.59. The molecule has 0 spiro atoms. The van der Waals surface area contributed by atoms with Gasteiger partial charge in [0.15, 0.2) is 5.69 Å². The van der Waals surface area contributed by atoms with Crippen molar-refractivity contribution in [3.05, 3.63) is 41.2 Å². The molecule has 0 radical (unpaired) electrons. The Hall–Kier alpha value is -2.30. The summed E-state index contributed by atoms with van der Waals surface area (Å²) in [5.74, 6) is -1.02. The molecule has 0 saturated heterocycles. The molecule has 2 rings (SSSR count). The van der Waals surface area contributed by atoms with E-state index < -0.39 is 5.97 Å². The third-order valence-corrected chi connectivity index (χ3v) is 2.47. The van der Waals surface area contributed by atoms with Gasteiger partial charge in [0.1, 0.15) is 11.4 Å². The Morgan fingerprint density at radius 1 is 1.29 bits per heavy atom. The minimum Gasteiger partial charge on any atom is -0.506 e. The van der Waals surface area contributed by atoms with Gasteiger partial charge in [-0.15, -0.1) is 0 Å². The predicted molar refractivity (Wildman–Crippen MR) is 61.7 cm³/mol. The van der Waals surface area contributed by atoms with Crippen LogP contribution in [0.15, 0.2) is 24.3 Å². The number of aromatic hydroxyl groups is 1. The number of carboxylic acids is 1. The second kappa shape index (κ2) is 3.93. The molecule has 1 aromatic carbocycles. The summed E-state index contributed by atoms with van der Waals surface area (Å²) in [7, 11) is 0. The molecule has 0 unspecified atom stereocenters. The number of aromatic carboxylic acids is 1. The van der Waals surface area contributed by atoms with Gasteiger partial charge >= 0.3 is 5.97 Å². The lowest BCUT2D eigenvalue weighted by Crippen LogP contribution is -2.02. The molecule has 0 amide bonds. The zero-order valence-corrected chi connectivity index (χ0v) is 9.51. The van der Waals surface area contributed by atoms with E-state index in [0.29, 0.717) is 11.4 Å². The first-order chi connectivity index (χ1) is 7.99. The fourth-order valence-electron chi connectivity index (χ4n) is 1.63. The molecule has 0 fully saturated rings. The molecule has 1 heterocycles. The van der Waals surface area contributed by atoms with Crippen LogP contribution in [-0.2, 0) is 0 Å². The van der Waals surface area contributed by atoms with Crippen molar-refractivity contribution in [2.45, 2.75) is 13.8 Å². The van der Waals surface area contributed by atoms with E-state index in [4.69, 9.17) is 5.11 Å². The maximum absolute atomic E-state index is 10.8. The molecule has 2 aromatic rings.